The molecular formula is C27H33N7O7S. The van der Waals surface area contributed by atoms with E-state index in [2.05, 4.69) is 21.3 Å². The van der Waals surface area contributed by atoms with Crippen molar-refractivity contribution in [2.75, 3.05) is 18.4 Å². The number of sulfonamides is 1. The maximum atomic E-state index is 13.5. The highest BCUT2D eigenvalue weighted by Gasteiger charge is 2.51. The summed E-state index contributed by atoms with van der Waals surface area (Å²) in [7, 11) is -4.02. The molecule has 224 valence electrons. The summed E-state index contributed by atoms with van der Waals surface area (Å²) >= 11 is 0. The van der Waals surface area contributed by atoms with E-state index < -0.39 is 58.9 Å². The molecule has 2 aromatic carbocycles. The first-order chi connectivity index (χ1) is 20.0. The molecule has 0 aromatic heterocycles. The number of benzene rings is 2. The Bertz CT molecular complexity index is 1460. The third kappa shape index (κ3) is 7.03. The molecule has 14 nitrogen and oxygen atoms in total. The SMILES string of the molecule is N=C(N)Nc1cccc(C(=O)NCC(=O)NC[C@H](NC(=O)C2C3CCC(CC3)N2S(=O)(=O)c2ccccc2)C(=O)O)c1. The number of fused-ring (bicyclic) bond motifs is 3. The Kier molecular flexibility index (Phi) is 9.42. The number of carbonyl (C=O) groups is 4. The van der Waals surface area contributed by atoms with Crippen LogP contribution in [0.15, 0.2) is 59.5 Å². The number of rotatable bonds is 11. The van der Waals surface area contributed by atoms with Gasteiger partial charge in [-0.2, -0.15) is 4.31 Å². The predicted molar refractivity (Wildman–Crippen MR) is 152 cm³/mol. The van der Waals surface area contributed by atoms with Crippen molar-refractivity contribution in [1.82, 2.24) is 20.3 Å². The van der Waals surface area contributed by atoms with Gasteiger partial charge in [0.05, 0.1) is 11.4 Å². The van der Waals surface area contributed by atoms with E-state index in [1.165, 1.54) is 28.6 Å². The van der Waals surface area contributed by atoms with E-state index in [1.54, 1.807) is 30.3 Å². The zero-order chi connectivity index (χ0) is 30.4. The van der Waals surface area contributed by atoms with Gasteiger partial charge in [0.1, 0.15) is 12.1 Å². The molecule has 2 saturated heterocycles. The highest BCUT2D eigenvalue weighted by atomic mass is 32.2. The van der Waals surface area contributed by atoms with Crippen LogP contribution in [0.5, 0.6) is 0 Å². The Balaban J connectivity index is 1.37. The van der Waals surface area contributed by atoms with E-state index in [-0.39, 0.29) is 28.4 Å². The fourth-order valence-electron chi connectivity index (χ4n) is 5.39. The molecule has 0 radical (unpaired) electrons. The van der Waals surface area contributed by atoms with Crippen LogP contribution in [-0.2, 0) is 24.4 Å². The van der Waals surface area contributed by atoms with Crippen LogP contribution in [0.4, 0.5) is 5.69 Å². The van der Waals surface area contributed by atoms with Crippen LogP contribution in [-0.4, -0.2) is 78.7 Å². The molecule has 8 N–H and O–H groups in total. The first-order valence-corrected chi connectivity index (χ1v) is 14.8. The van der Waals surface area contributed by atoms with Crippen LogP contribution in [0.2, 0.25) is 0 Å². The van der Waals surface area contributed by atoms with Gasteiger partial charge in [0, 0.05) is 23.8 Å². The minimum absolute atomic E-state index is 0.0567. The lowest BCUT2D eigenvalue weighted by atomic mass is 9.76. The van der Waals surface area contributed by atoms with Crippen molar-refractivity contribution >= 4 is 45.4 Å². The molecule has 1 aliphatic carbocycles. The van der Waals surface area contributed by atoms with Gasteiger partial charge in [-0.15, -0.1) is 0 Å². The Hall–Kier alpha value is -4.50. The fraction of sp³-hybridized carbons (Fsp3) is 0.370. The highest BCUT2D eigenvalue weighted by Crippen LogP contribution is 2.42. The summed E-state index contributed by atoms with van der Waals surface area (Å²) < 4.78 is 28.3. The Labute approximate surface area is 242 Å². The van der Waals surface area contributed by atoms with Crippen LogP contribution in [0.25, 0.3) is 0 Å². The van der Waals surface area contributed by atoms with Crippen LogP contribution in [0, 0.1) is 11.3 Å². The number of anilines is 1. The molecule has 1 unspecified atom stereocenters. The maximum absolute atomic E-state index is 13.5. The molecule has 3 aliphatic rings. The third-order valence-corrected chi connectivity index (χ3v) is 9.29. The normalized spacial score (nSPS) is 20.6. The Morgan fingerprint density at radius 1 is 1.00 bits per heavy atom. The molecule has 2 atom stereocenters. The number of nitrogens with two attached hydrogens (primary N) is 1. The van der Waals surface area contributed by atoms with Crippen molar-refractivity contribution in [3.05, 3.63) is 60.2 Å². The monoisotopic (exact) mass is 599 g/mol. The number of carboxylic acid groups (broad SMARTS) is 1. The first kappa shape index (κ1) is 30.5. The lowest BCUT2D eigenvalue weighted by Gasteiger charge is -2.49. The van der Waals surface area contributed by atoms with Gasteiger partial charge in [-0.05, 0) is 61.9 Å². The van der Waals surface area contributed by atoms with E-state index in [4.69, 9.17) is 11.1 Å². The summed E-state index contributed by atoms with van der Waals surface area (Å²) in [6.07, 6.45) is 2.52. The summed E-state index contributed by atoms with van der Waals surface area (Å²) in [5, 5.41) is 26.7. The van der Waals surface area contributed by atoms with Crippen LogP contribution < -0.4 is 27.0 Å². The van der Waals surface area contributed by atoms with Crippen molar-refractivity contribution < 1.29 is 32.7 Å². The number of carbonyl (C=O) groups excluding carboxylic acids is 3. The summed E-state index contributed by atoms with van der Waals surface area (Å²) in [5.41, 5.74) is 5.89. The number of amides is 3. The molecule has 2 aromatic rings. The highest BCUT2D eigenvalue weighted by molar-refractivity contribution is 7.89. The predicted octanol–water partition coefficient (Wildman–Crippen LogP) is 0.0393. The molecule has 42 heavy (non-hydrogen) atoms. The van der Waals surface area contributed by atoms with E-state index in [0.29, 0.717) is 31.4 Å². The van der Waals surface area contributed by atoms with Gasteiger partial charge in [0.15, 0.2) is 5.96 Å². The lowest BCUT2D eigenvalue weighted by Crippen LogP contribution is -2.64. The van der Waals surface area contributed by atoms with Gasteiger partial charge in [-0.3, -0.25) is 19.8 Å². The molecule has 3 amide bonds. The molecule has 2 aliphatic heterocycles. The maximum Gasteiger partial charge on any atom is 0.328 e. The molecule has 0 spiro atoms. The minimum Gasteiger partial charge on any atom is -0.480 e. The van der Waals surface area contributed by atoms with Crippen molar-refractivity contribution in [1.29, 1.82) is 5.41 Å². The van der Waals surface area contributed by atoms with Gasteiger partial charge in [0.2, 0.25) is 21.8 Å². The summed E-state index contributed by atoms with van der Waals surface area (Å²) in [5.74, 6) is -4.02. The Morgan fingerprint density at radius 3 is 2.33 bits per heavy atom. The number of nitrogens with zero attached hydrogens (tertiary/aromatic N) is 1. The number of carboxylic acids is 1. The van der Waals surface area contributed by atoms with Gasteiger partial charge in [-0.1, -0.05) is 24.3 Å². The van der Waals surface area contributed by atoms with E-state index in [0.717, 1.165) is 0 Å². The number of hydrogen-bond acceptors (Lipinski definition) is 7. The molecule has 3 fully saturated rings. The third-order valence-electron chi connectivity index (χ3n) is 7.34. The van der Waals surface area contributed by atoms with Crippen LogP contribution >= 0.6 is 0 Å². The van der Waals surface area contributed by atoms with Gasteiger partial charge in [0.25, 0.3) is 5.91 Å². The smallest absolute Gasteiger partial charge is 0.328 e. The minimum atomic E-state index is -4.02. The lowest BCUT2D eigenvalue weighted by molar-refractivity contribution is -0.143. The largest absolute Gasteiger partial charge is 0.480 e. The van der Waals surface area contributed by atoms with Gasteiger partial charge < -0.3 is 32.1 Å². The zero-order valence-electron chi connectivity index (χ0n) is 22.6. The number of guanidine groups is 1. The van der Waals surface area contributed by atoms with Crippen LogP contribution in [0.1, 0.15) is 36.0 Å². The van der Waals surface area contributed by atoms with Crippen molar-refractivity contribution in [2.45, 2.75) is 48.7 Å². The summed E-state index contributed by atoms with van der Waals surface area (Å²) in [4.78, 5) is 50.2. The summed E-state index contributed by atoms with van der Waals surface area (Å²) in [6, 6.07) is 10.9. The second kappa shape index (κ2) is 13.0. The molecule has 1 saturated carbocycles. The van der Waals surface area contributed by atoms with Crippen molar-refractivity contribution in [3.8, 4) is 0 Å². The molecular weight excluding hydrogens is 566 g/mol. The van der Waals surface area contributed by atoms with Crippen molar-refractivity contribution in [3.63, 3.8) is 0 Å². The zero-order valence-corrected chi connectivity index (χ0v) is 23.4. The molecule has 15 heteroatoms. The first-order valence-electron chi connectivity index (χ1n) is 13.3. The van der Waals surface area contributed by atoms with E-state index >= 15 is 0 Å². The van der Waals surface area contributed by atoms with Crippen molar-refractivity contribution in [2.24, 2.45) is 11.7 Å². The second-order valence-electron chi connectivity index (χ2n) is 10.2. The van der Waals surface area contributed by atoms with Gasteiger partial charge >= 0.3 is 5.97 Å². The van der Waals surface area contributed by atoms with E-state index in [1.807, 2.05) is 0 Å². The average molecular weight is 600 g/mol. The topological polar surface area (TPSA) is 224 Å². The molecule has 2 heterocycles. The standard InChI is InChI=1S/C27H33N7O7S/c28-27(29)32-18-6-4-5-17(13-18)24(36)31-15-22(35)30-14-21(26(38)39)33-25(37)23-16-9-11-19(12-10-16)34(23)42(40,41)20-7-2-1-3-8-20/h1-8,13,16,19,21,23H,9-12,14-15H2,(H,30,35)(H,31,36)(H,33,37)(H,38,39)(H4,28,29,32)/t16?,19?,21-,23?/m0/s1. The van der Waals surface area contributed by atoms with Gasteiger partial charge in [-0.25, -0.2) is 13.2 Å². The van der Waals surface area contributed by atoms with E-state index in [9.17, 15) is 32.7 Å². The average Bonchev–Trinajstić information content (AvgIpc) is 2.98. The van der Waals surface area contributed by atoms with Crippen LogP contribution in [0.3, 0.4) is 0 Å². The quantitative estimate of drug-likeness (QED) is 0.137. The number of piperidine rings is 2. The Morgan fingerprint density at radius 2 is 1.69 bits per heavy atom. The molecule has 5 rings (SSSR count). The number of nitrogens with one attached hydrogen (secondary N) is 5. The fourth-order valence-corrected chi connectivity index (χ4v) is 7.30. The molecule has 2 bridgehead atoms. The summed E-state index contributed by atoms with van der Waals surface area (Å²) in [6.45, 7) is -0.959. The number of aliphatic carboxylic acids is 1. The second-order valence-corrected chi connectivity index (χ2v) is 12.0. The number of hydrogen-bond donors (Lipinski definition) is 7.